The third-order valence-corrected chi connectivity index (χ3v) is 6.18. The van der Waals surface area contributed by atoms with Crippen LogP contribution < -0.4 is 16.0 Å². The molecule has 0 spiro atoms. The Labute approximate surface area is 249 Å². The molecule has 0 aliphatic carbocycles. The highest BCUT2D eigenvalue weighted by Crippen LogP contribution is 2.06. The van der Waals surface area contributed by atoms with Crippen molar-refractivity contribution in [2.75, 3.05) is 58.9 Å². The van der Waals surface area contributed by atoms with Gasteiger partial charge in [0.15, 0.2) is 0 Å². The average molecular weight is 589 g/mol. The Hall–Kier alpha value is -4.03. The van der Waals surface area contributed by atoms with E-state index in [0.717, 1.165) is 0 Å². The minimum Gasteiger partial charge on any atom is -0.375 e. The van der Waals surface area contributed by atoms with Gasteiger partial charge < -0.3 is 30.9 Å². The van der Waals surface area contributed by atoms with Crippen LogP contribution in [0.5, 0.6) is 0 Å². The van der Waals surface area contributed by atoms with Crippen molar-refractivity contribution in [3.05, 3.63) is 63.3 Å². The average Bonchev–Trinajstić information content (AvgIpc) is 3.00. The molecular formula is C30H48N6O6. The lowest BCUT2D eigenvalue weighted by Crippen LogP contribution is -2.41. The predicted octanol–water partition coefficient (Wildman–Crippen LogP) is 0.493. The smallest absolute Gasteiger partial charge is 0.245 e. The van der Waals surface area contributed by atoms with E-state index in [0.29, 0.717) is 78.0 Å². The Kier molecular flexibility index (Phi) is 21.4. The fourth-order valence-electron chi connectivity index (χ4n) is 3.87. The van der Waals surface area contributed by atoms with Gasteiger partial charge >= 0.3 is 0 Å². The van der Waals surface area contributed by atoms with Gasteiger partial charge in [-0.15, -0.1) is 0 Å². The molecular weight excluding hydrogens is 540 g/mol. The molecule has 5 amide bonds. The minimum atomic E-state index is -0.883. The van der Waals surface area contributed by atoms with Crippen LogP contribution in [0.4, 0.5) is 0 Å². The van der Waals surface area contributed by atoms with E-state index in [1.165, 1.54) is 30.4 Å². The van der Waals surface area contributed by atoms with Crippen LogP contribution in [0.2, 0.25) is 0 Å². The Morgan fingerprint density at radius 3 is 1.45 bits per heavy atom. The molecule has 4 N–H and O–H groups in total. The van der Waals surface area contributed by atoms with Crippen molar-refractivity contribution < 1.29 is 29.1 Å². The van der Waals surface area contributed by atoms with Crippen LogP contribution >= 0.6 is 0 Å². The Balaban J connectivity index is 5.06. The molecule has 42 heavy (non-hydrogen) atoms. The van der Waals surface area contributed by atoms with E-state index in [9.17, 15) is 29.1 Å². The molecule has 0 saturated carbocycles. The van der Waals surface area contributed by atoms with Gasteiger partial charge in [-0.05, 0) is 56.1 Å². The van der Waals surface area contributed by atoms with Gasteiger partial charge in [-0.2, -0.15) is 0 Å². The highest BCUT2D eigenvalue weighted by atomic mass is 16.3. The first-order valence-electron chi connectivity index (χ1n) is 14.1. The predicted molar refractivity (Wildman–Crippen MR) is 164 cm³/mol. The van der Waals surface area contributed by atoms with Gasteiger partial charge in [-0.25, -0.2) is 0 Å². The van der Waals surface area contributed by atoms with Crippen LogP contribution in [0, 0.1) is 0 Å². The number of nitrogens with zero attached hydrogens (tertiary/aromatic N) is 3. The van der Waals surface area contributed by atoms with E-state index >= 15 is 0 Å². The van der Waals surface area contributed by atoms with Crippen LogP contribution in [0.25, 0.3) is 0 Å². The lowest BCUT2D eigenvalue weighted by atomic mass is 10.2. The SMILES string of the molecule is C=CC(=O)NCCCN(CCCNC(=O)C=C)C(=O)CCN(CCCN(CCCNC(=O)C=C)C(O)C=C)C(=O)C=C. The second kappa shape index (κ2) is 23.7. The van der Waals surface area contributed by atoms with E-state index in [-0.39, 0.29) is 42.5 Å². The highest BCUT2D eigenvalue weighted by molar-refractivity contribution is 5.88. The van der Waals surface area contributed by atoms with Crippen LogP contribution in [0.1, 0.15) is 32.1 Å². The Morgan fingerprint density at radius 1 is 0.595 bits per heavy atom. The third kappa shape index (κ3) is 17.6. The van der Waals surface area contributed by atoms with Crippen LogP contribution in [-0.4, -0.2) is 114 Å². The molecule has 12 heteroatoms. The first kappa shape index (κ1) is 38.0. The molecule has 0 heterocycles. The summed E-state index contributed by atoms with van der Waals surface area (Å²) in [5.41, 5.74) is 0. The van der Waals surface area contributed by atoms with Crippen molar-refractivity contribution in [1.29, 1.82) is 0 Å². The van der Waals surface area contributed by atoms with Gasteiger partial charge in [0.25, 0.3) is 0 Å². The number of aliphatic hydroxyl groups is 1. The van der Waals surface area contributed by atoms with Crippen molar-refractivity contribution >= 4 is 29.5 Å². The van der Waals surface area contributed by atoms with Crippen molar-refractivity contribution in [2.45, 2.75) is 38.3 Å². The van der Waals surface area contributed by atoms with Gasteiger partial charge in [0.2, 0.25) is 29.5 Å². The molecule has 1 atom stereocenters. The normalized spacial score (nSPS) is 11.0. The first-order chi connectivity index (χ1) is 20.1. The van der Waals surface area contributed by atoms with Gasteiger partial charge in [0.05, 0.1) is 0 Å². The lowest BCUT2D eigenvalue weighted by molar-refractivity contribution is -0.133. The summed E-state index contributed by atoms with van der Waals surface area (Å²) in [6.07, 6.45) is 7.53. The summed E-state index contributed by atoms with van der Waals surface area (Å²) in [6, 6.07) is 0. The molecule has 0 aliphatic rings. The summed E-state index contributed by atoms with van der Waals surface area (Å²) in [6.45, 7) is 20.9. The number of nitrogens with one attached hydrogen (secondary N) is 3. The van der Waals surface area contributed by atoms with E-state index < -0.39 is 6.23 Å². The summed E-state index contributed by atoms with van der Waals surface area (Å²) < 4.78 is 0. The van der Waals surface area contributed by atoms with Crippen molar-refractivity contribution in [3.8, 4) is 0 Å². The summed E-state index contributed by atoms with van der Waals surface area (Å²) in [5, 5.41) is 18.3. The van der Waals surface area contributed by atoms with Crippen molar-refractivity contribution in [1.82, 2.24) is 30.7 Å². The number of carbonyl (C=O) groups is 5. The van der Waals surface area contributed by atoms with E-state index in [1.54, 1.807) is 14.7 Å². The summed E-state index contributed by atoms with van der Waals surface area (Å²) in [4.78, 5) is 64.8. The largest absolute Gasteiger partial charge is 0.375 e. The van der Waals surface area contributed by atoms with Gasteiger partial charge in [-0.1, -0.05) is 32.9 Å². The molecule has 234 valence electrons. The molecule has 1 unspecified atom stereocenters. The lowest BCUT2D eigenvalue weighted by Gasteiger charge is -2.28. The van der Waals surface area contributed by atoms with E-state index in [1.807, 2.05) is 0 Å². The molecule has 0 aromatic carbocycles. The molecule has 0 aromatic rings. The molecule has 0 aromatic heterocycles. The standard InChI is InChI=1S/C30H48N6O6/c1-6-25(37)31-16-11-19-34(28(40)9-4)22-14-23-36(29(41)10-5)24-15-30(42)35(20-12-17-32-26(38)7-2)21-13-18-33-27(39)8-3/h6-10,28,40H,1-5,11-24H2,(H,31,37)(H,32,38)(H,33,39). The topological polar surface area (TPSA) is 151 Å². The quantitative estimate of drug-likeness (QED) is 0.0525. The van der Waals surface area contributed by atoms with Gasteiger partial charge in [0.1, 0.15) is 6.23 Å². The number of aliphatic hydroxyl groups excluding tert-OH is 1. The van der Waals surface area contributed by atoms with Gasteiger partial charge in [-0.3, -0.25) is 28.9 Å². The molecule has 0 rings (SSSR count). The highest BCUT2D eigenvalue weighted by Gasteiger charge is 2.18. The van der Waals surface area contributed by atoms with E-state index in [4.69, 9.17) is 0 Å². The fourth-order valence-corrected chi connectivity index (χ4v) is 3.87. The maximum Gasteiger partial charge on any atom is 0.245 e. The second-order valence-electron chi connectivity index (χ2n) is 9.25. The first-order valence-corrected chi connectivity index (χ1v) is 14.1. The second-order valence-corrected chi connectivity index (χ2v) is 9.25. The zero-order valence-electron chi connectivity index (χ0n) is 24.7. The Bertz CT molecular complexity index is 909. The third-order valence-electron chi connectivity index (χ3n) is 6.18. The van der Waals surface area contributed by atoms with E-state index in [2.05, 4.69) is 48.8 Å². The number of rotatable bonds is 25. The summed E-state index contributed by atoms with van der Waals surface area (Å²) in [5.74, 6) is -1.32. The van der Waals surface area contributed by atoms with Crippen LogP contribution in [0.15, 0.2) is 63.3 Å². The number of hydrogen-bond acceptors (Lipinski definition) is 7. The molecule has 0 bridgehead atoms. The molecule has 0 aliphatic heterocycles. The maximum absolute atomic E-state index is 13.1. The van der Waals surface area contributed by atoms with Crippen LogP contribution in [-0.2, 0) is 24.0 Å². The van der Waals surface area contributed by atoms with Gasteiger partial charge in [0, 0.05) is 65.3 Å². The molecule has 12 nitrogen and oxygen atoms in total. The number of carbonyl (C=O) groups excluding carboxylic acids is 5. The summed E-state index contributed by atoms with van der Waals surface area (Å²) >= 11 is 0. The minimum absolute atomic E-state index is 0.0829. The number of amides is 5. The maximum atomic E-state index is 13.1. The van der Waals surface area contributed by atoms with Crippen molar-refractivity contribution in [3.63, 3.8) is 0 Å². The zero-order chi connectivity index (χ0) is 31.8. The van der Waals surface area contributed by atoms with Crippen molar-refractivity contribution in [2.24, 2.45) is 0 Å². The zero-order valence-corrected chi connectivity index (χ0v) is 24.7. The van der Waals surface area contributed by atoms with Crippen LogP contribution in [0.3, 0.4) is 0 Å². The fraction of sp³-hybridized carbons (Fsp3) is 0.500. The molecule has 0 radical (unpaired) electrons. The summed E-state index contributed by atoms with van der Waals surface area (Å²) in [7, 11) is 0. The molecule has 0 fully saturated rings. The monoisotopic (exact) mass is 588 g/mol. The molecule has 0 saturated heterocycles. The Morgan fingerprint density at radius 2 is 1.02 bits per heavy atom. The number of hydrogen-bond donors (Lipinski definition) is 4.